The topological polar surface area (TPSA) is 29.3 Å². The summed E-state index contributed by atoms with van der Waals surface area (Å²) in [6.45, 7) is 7.77. The maximum absolute atomic E-state index is 6.05. The van der Waals surface area contributed by atoms with Crippen LogP contribution in [0.4, 0.5) is 0 Å². The van der Waals surface area contributed by atoms with Gasteiger partial charge >= 0.3 is 0 Å². The van der Waals surface area contributed by atoms with Crippen molar-refractivity contribution < 1.29 is 0 Å². The molecular formula is C16H25BrN2. The van der Waals surface area contributed by atoms with Crippen molar-refractivity contribution in [3.63, 3.8) is 0 Å². The lowest BCUT2D eigenvalue weighted by atomic mass is 9.85. The van der Waals surface area contributed by atoms with Crippen molar-refractivity contribution in [2.24, 2.45) is 11.1 Å². The molecule has 1 saturated heterocycles. The van der Waals surface area contributed by atoms with Gasteiger partial charge in [-0.1, -0.05) is 41.9 Å². The van der Waals surface area contributed by atoms with Crippen molar-refractivity contribution in [1.29, 1.82) is 0 Å². The van der Waals surface area contributed by atoms with Crippen LogP contribution in [0.2, 0.25) is 0 Å². The van der Waals surface area contributed by atoms with Crippen molar-refractivity contribution in [1.82, 2.24) is 4.90 Å². The molecule has 0 bridgehead atoms. The van der Waals surface area contributed by atoms with E-state index in [4.69, 9.17) is 5.73 Å². The maximum atomic E-state index is 6.05. The van der Waals surface area contributed by atoms with E-state index in [0.717, 1.165) is 17.6 Å². The van der Waals surface area contributed by atoms with Gasteiger partial charge in [0.15, 0.2) is 0 Å². The number of hydrogen-bond acceptors (Lipinski definition) is 2. The SMILES string of the molecule is CC1(C)CCCN(C(CN)c2cccc(Br)c2)CC1. The largest absolute Gasteiger partial charge is 0.329 e. The number of nitrogens with zero attached hydrogens (tertiary/aromatic N) is 1. The fourth-order valence-corrected chi connectivity index (χ4v) is 3.38. The molecule has 0 aromatic heterocycles. The van der Waals surface area contributed by atoms with Crippen molar-refractivity contribution >= 4 is 15.9 Å². The summed E-state index contributed by atoms with van der Waals surface area (Å²) in [5, 5.41) is 0. The van der Waals surface area contributed by atoms with Crippen LogP contribution in [-0.2, 0) is 0 Å². The molecule has 0 aliphatic carbocycles. The van der Waals surface area contributed by atoms with Crippen LogP contribution in [0.5, 0.6) is 0 Å². The Bertz CT molecular complexity index is 417. The van der Waals surface area contributed by atoms with Crippen LogP contribution in [0.15, 0.2) is 28.7 Å². The second-order valence-corrected chi connectivity index (χ2v) is 7.28. The lowest BCUT2D eigenvalue weighted by Gasteiger charge is -2.31. The van der Waals surface area contributed by atoms with Gasteiger partial charge < -0.3 is 5.73 Å². The molecule has 0 radical (unpaired) electrons. The van der Waals surface area contributed by atoms with Crippen LogP contribution < -0.4 is 5.73 Å². The summed E-state index contributed by atoms with van der Waals surface area (Å²) in [6.07, 6.45) is 3.86. The lowest BCUT2D eigenvalue weighted by Crippen LogP contribution is -2.34. The molecule has 1 aliphatic heterocycles. The fraction of sp³-hybridized carbons (Fsp3) is 0.625. The normalized spacial score (nSPS) is 21.9. The van der Waals surface area contributed by atoms with Gasteiger partial charge in [0.05, 0.1) is 0 Å². The average Bonchev–Trinajstić information content (AvgIpc) is 2.52. The van der Waals surface area contributed by atoms with Crippen LogP contribution in [0.1, 0.15) is 44.7 Å². The van der Waals surface area contributed by atoms with Gasteiger partial charge in [-0.25, -0.2) is 0 Å². The number of rotatable bonds is 3. The molecule has 2 nitrogen and oxygen atoms in total. The Kier molecular flexibility index (Phi) is 5.04. The highest BCUT2D eigenvalue weighted by Crippen LogP contribution is 2.33. The van der Waals surface area contributed by atoms with E-state index in [-0.39, 0.29) is 0 Å². The summed E-state index contributed by atoms with van der Waals surface area (Å²) in [5.41, 5.74) is 7.85. The van der Waals surface area contributed by atoms with Gasteiger partial charge in [-0.2, -0.15) is 0 Å². The predicted octanol–water partition coefficient (Wildman–Crippen LogP) is 3.96. The van der Waals surface area contributed by atoms with Crippen LogP contribution in [0, 0.1) is 5.41 Å². The summed E-state index contributed by atoms with van der Waals surface area (Å²) < 4.78 is 1.14. The number of halogens is 1. The lowest BCUT2D eigenvalue weighted by molar-refractivity contribution is 0.200. The van der Waals surface area contributed by atoms with Crippen LogP contribution >= 0.6 is 15.9 Å². The summed E-state index contributed by atoms with van der Waals surface area (Å²) in [7, 11) is 0. The first-order valence-electron chi connectivity index (χ1n) is 7.21. The van der Waals surface area contributed by atoms with Crippen molar-refractivity contribution in [2.45, 2.75) is 39.2 Å². The van der Waals surface area contributed by atoms with Crippen molar-refractivity contribution in [3.05, 3.63) is 34.3 Å². The van der Waals surface area contributed by atoms with Gasteiger partial charge in [-0.15, -0.1) is 0 Å². The predicted molar refractivity (Wildman–Crippen MR) is 85.1 cm³/mol. The third kappa shape index (κ3) is 4.04. The van der Waals surface area contributed by atoms with Crippen LogP contribution in [0.25, 0.3) is 0 Å². The summed E-state index contributed by atoms with van der Waals surface area (Å²) in [6, 6.07) is 8.92. The molecule has 0 spiro atoms. The Morgan fingerprint density at radius 2 is 2.11 bits per heavy atom. The van der Waals surface area contributed by atoms with E-state index < -0.39 is 0 Å². The molecule has 106 valence electrons. The zero-order chi connectivity index (χ0) is 13.9. The Morgan fingerprint density at radius 3 is 2.79 bits per heavy atom. The van der Waals surface area contributed by atoms with E-state index in [1.165, 1.54) is 24.8 Å². The Balaban J connectivity index is 2.13. The molecule has 19 heavy (non-hydrogen) atoms. The molecule has 1 fully saturated rings. The first kappa shape index (κ1) is 15.0. The molecule has 2 N–H and O–H groups in total. The second kappa shape index (κ2) is 6.38. The monoisotopic (exact) mass is 324 g/mol. The fourth-order valence-electron chi connectivity index (χ4n) is 2.97. The van der Waals surface area contributed by atoms with E-state index in [9.17, 15) is 0 Å². The van der Waals surface area contributed by atoms with Crippen LogP contribution in [-0.4, -0.2) is 24.5 Å². The molecule has 1 unspecified atom stereocenters. The highest BCUT2D eigenvalue weighted by molar-refractivity contribution is 9.10. The number of hydrogen-bond donors (Lipinski definition) is 1. The van der Waals surface area contributed by atoms with Gasteiger partial charge in [0.25, 0.3) is 0 Å². The first-order valence-corrected chi connectivity index (χ1v) is 8.01. The molecular weight excluding hydrogens is 300 g/mol. The summed E-state index contributed by atoms with van der Waals surface area (Å²) in [4.78, 5) is 2.57. The molecule has 1 aliphatic rings. The zero-order valence-electron chi connectivity index (χ0n) is 12.0. The third-order valence-corrected chi connectivity index (χ3v) is 4.77. The molecule has 0 amide bonds. The van der Waals surface area contributed by atoms with Gasteiger partial charge in [-0.05, 0) is 55.5 Å². The van der Waals surface area contributed by atoms with E-state index in [2.05, 4.69) is 58.9 Å². The highest BCUT2D eigenvalue weighted by Gasteiger charge is 2.27. The molecule has 0 saturated carbocycles. The van der Waals surface area contributed by atoms with Crippen molar-refractivity contribution in [3.8, 4) is 0 Å². The number of nitrogens with two attached hydrogens (primary N) is 1. The molecule has 1 aromatic rings. The highest BCUT2D eigenvalue weighted by atomic mass is 79.9. The van der Waals surface area contributed by atoms with E-state index in [1.807, 2.05) is 0 Å². The number of likely N-dealkylation sites (tertiary alicyclic amines) is 1. The maximum Gasteiger partial charge on any atom is 0.0470 e. The smallest absolute Gasteiger partial charge is 0.0470 e. The second-order valence-electron chi connectivity index (χ2n) is 6.36. The van der Waals surface area contributed by atoms with Gasteiger partial charge in [0, 0.05) is 17.1 Å². The van der Waals surface area contributed by atoms with Gasteiger partial charge in [-0.3, -0.25) is 4.90 Å². The van der Waals surface area contributed by atoms with Gasteiger partial charge in [0.1, 0.15) is 0 Å². The van der Waals surface area contributed by atoms with Crippen LogP contribution in [0.3, 0.4) is 0 Å². The Hall–Kier alpha value is -0.380. The quantitative estimate of drug-likeness (QED) is 0.911. The first-order chi connectivity index (χ1) is 9.02. The summed E-state index contributed by atoms with van der Waals surface area (Å²) >= 11 is 3.56. The Morgan fingerprint density at radius 1 is 1.32 bits per heavy atom. The minimum Gasteiger partial charge on any atom is -0.329 e. The van der Waals surface area contributed by atoms with Gasteiger partial charge in [0.2, 0.25) is 0 Å². The third-order valence-electron chi connectivity index (χ3n) is 4.27. The minimum absolute atomic E-state index is 0.353. The minimum atomic E-state index is 0.353. The zero-order valence-corrected chi connectivity index (χ0v) is 13.6. The summed E-state index contributed by atoms with van der Waals surface area (Å²) in [5.74, 6) is 0. The van der Waals surface area contributed by atoms with E-state index >= 15 is 0 Å². The Labute approximate surface area is 125 Å². The molecule has 3 heteroatoms. The number of benzene rings is 1. The molecule has 1 heterocycles. The standard InChI is InChI=1S/C16H25BrN2/c1-16(2)7-4-9-19(10-8-16)15(12-18)13-5-3-6-14(17)11-13/h3,5-6,11,15H,4,7-10,12,18H2,1-2H3. The average molecular weight is 325 g/mol. The molecule has 1 atom stereocenters. The van der Waals surface area contributed by atoms with Crippen molar-refractivity contribution in [2.75, 3.05) is 19.6 Å². The van der Waals surface area contributed by atoms with E-state index in [0.29, 0.717) is 18.0 Å². The van der Waals surface area contributed by atoms with E-state index in [1.54, 1.807) is 0 Å². The molecule has 2 rings (SSSR count). The molecule has 1 aromatic carbocycles.